The van der Waals surface area contributed by atoms with Gasteiger partial charge in [0.2, 0.25) is 0 Å². The number of nitrogens with zero attached hydrogens (tertiary/aromatic N) is 1. The minimum atomic E-state index is -0.282. The highest BCUT2D eigenvalue weighted by molar-refractivity contribution is 6.22. The maximum Gasteiger partial charge on any atom is 0.266 e. The van der Waals surface area contributed by atoms with Gasteiger partial charge in [-0.1, -0.05) is 12.1 Å². The summed E-state index contributed by atoms with van der Waals surface area (Å²) < 4.78 is 5.10. The predicted molar refractivity (Wildman–Crippen MR) is 60.1 cm³/mol. The van der Waals surface area contributed by atoms with Crippen molar-refractivity contribution in [1.29, 1.82) is 0 Å². The quantitative estimate of drug-likeness (QED) is 0.686. The van der Waals surface area contributed by atoms with E-state index >= 15 is 0 Å². The van der Waals surface area contributed by atoms with Crippen LogP contribution in [0.1, 0.15) is 20.7 Å². The van der Waals surface area contributed by atoms with Crippen LogP contribution in [0.25, 0.3) is 0 Å². The fraction of sp³-hybridized carbons (Fsp3) is 0.0769. The van der Waals surface area contributed by atoms with Crippen LogP contribution in [0.5, 0.6) is 0 Å². The van der Waals surface area contributed by atoms with Crippen LogP contribution in [-0.2, 0) is 4.74 Å². The van der Waals surface area contributed by atoms with E-state index in [-0.39, 0.29) is 18.4 Å². The van der Waals surface area contributed by atoms with Crippen molar-refractivity contribution >= 4 is 11.8 Å². The van der Waals surface area contributed by atoms with Crippen molar-refractivity contribution in [3.05, 3.63) is 59.5 Å². The molecule has 0 atom stereocenters. The van der Waals surface area contributed by atoms with E-state index in [4.69, 9.17) is 4.74 Å². The van der Waals surface area contributed by atoms with E-state index in [0.717, 1.165) is 0 Å². The van der Waals surface area contributed by atoms with Gasteiger partial charge in [-0.15, -0.1) is 0 Å². The summed E-state index contributed by atoms with van der Waals surface area (Å²) >= 11 is 0. The fourth-order valence-electron chi connectivity index (χ4n) is 1.98. The molecule has 0 radical (unpaired) electrons. The first-order chi connectivity index (χ1) is 8.29. The van der Waals surface area contributed by atoms with Crippen molar-refractivity contribution < 1.29 is 14.3 Å². The van der Waals surface area contributed by atoms with Crippen molar-refractivity contribution in [2.75, 3.05) is 6.61 Å². The molecule has 0 aliphatic carbocycles. The molecule has 0 saturated carbocycles. The third kappa shape index (κ3) is 1.38. The lowest BCUT2D eigenvalue weighted by molar-refractivity contribution is 0.0679. The molecule has 1 aromatic carbocycles. The van der Waals surface area contributed by atoms with Gasteiger partial charge < -0.3 is 4.74 Å². The Labute approximate surface area is 97.8 Å². The lowest BCUT2D eigenvalue weighted by Crippen LogP contribution is -2.31. The van der Waals surface area contributed by atoms with Gasteiger partial charge in [-0.25, -0.2) is 4.90 Å². The van der Waals surface area contributed by atoms with Gasteiger partial charge in [-0.2, -0.15) is 0 Å². The van der Waals surface area contributed by atoms with Gasteiger partial charge >= 0.3 is 0 Å². The summed E-state index contributed by atoms with van der Waals surface area (Å²) in [5.41, 5.74) is 1.47. The second kappa shape index (κ2) is 3.59. The summed E-state index contributed by atoms with van der Waals surface area (Å²) in [6.07, 6.45) is 4.91. The second-order valence-corrected chi connectivity index (χ2v) is 3.79. The van der Waals surface area contributed by atoms with Gasteiger partial charge in [-0.05, 0) is 24.3 Å². The highest BCUT2D eigenvalue weighted by Crippen LogP contribution is 2.26. The molecule has 1 aromatic rings. The van der Waals surface area contributed by atoms with E-state index < -0.39 is 0 Å². The smallest absolute Gasteiger partial charge is 0.266 e. The van der Waals surface area contributed by atoms with Crippen molar-refractivity contribution in [2.45, 2.75) is 0 Å². The van der Waals surface area contributed by atoms with Crippen molar-refractivity contribution in [1.82, 2.24) is 4.90 Å². The van der Waals surface area contributed by atoms with Gasteiger partial charge in [0, 0.05) is 0 Å². The molecule has 0 fully saturated rings. The molecule has 2 heterocycles. The Kier molecular flexibility index (Phi) is 2.08. The van der Waals surface area contributed by atoms with Crippen LogP contribution in [-0.4, -0.2) is 23.3 Å². The topological polar surface area (TPSA) is 46.6 Å². The molecule has 0 spiro atoms. The number of hydrogen-bond donors (Lipinski definition) is 0. The highest BCUT2D eigenvalue weighted by atomic mass is 16.5. The number of benzene rings is 1. The van der Waals surface area contributed by atoms with E-state index in [9.17, 15) is 9.59 Å². The number of hydrogen-bond acceptors (Lipinski definition) is 3. The Morgan fingerprint density at radius 3 is 2.24 bits per heavy atom. The lowest BCUT2D eigenvalue weighted by atomic mass is 10.1. The average Bonchev–Trinajstić information content (AvgIpc) is 2.64. The summed E-state index contributed by atoms with van der Waals surface area (Å²) in [5.74, 6) is -0.563. The lowest BCUT2D eigenvalue weighted by Gasteiger charge is -2.19. The summed E-state index contributed by atoms with van der Waals surface area (Å²) in [6, 6.07) is 6.82. The third-order valence-corrected chi connectivity index (χ3v) is 2.78. The predicted octanol–water partition coefficient (Wildman–Crippen LogP) is 1.71. The molecule has 0 bridgehead atoms. The molecule has 3 rings (SSSR count). The van der Waals surface area contributed by atoms with Crippen LogP contribution in [0.15, 0.2) is 48.4 Å². The van der Waals surface area contributed by atoms with E-state index in [2.05, 4.69) is 0 Å². The minimum absolute atomic E-state index is 0.238. The zero-order chi connectivity index (χ0) is 11.8. The van der Waals surface area contributed by atoms with Gasteiger partial charge in [0.05, 0.1) is 23.1 Å². The molecule has 2 amide bonds. The molecule has 0 aromatic heterocycles. The summed E-state index contributed by atoms with van der Waals surface area (Å²) in [6.45, 7) is 0.238. The van der Waals surface area contributed by atoms with Crippen LogP contribution < -0.4 is 0 Å². The number of carbonyl (C=O) groups excluding carboxylic acids is 2. The van der Waals surface area contributed by atoms with Gasteiger partial charge in [0.25, 0.3) is 11.8 Å². The minimum Gasteiger partial charge on any atom is -0.495 e. The first kappa shape index (κ1) is 9.84. The summed E-state index contributed by atoms with van der Waals surface area (Å²) in [4.78, 5) is 25.4. The Hall–Kier alpha value is -2.36. The van der Waals surface area contributed by atoms with Gasteiger partial charge in [-0.3, -0.25) is 9.59 Å². The molecule has 84 valence electrons. The third-order valence-electron chi connectivity index (χ3n) is 2.78. The SMILES string of the molecule is O=C1c2ccccc2C(=O)N1C1=CC=COC1. The number of amides is 2. The number of carbonyl (C=O) groups is 2. The van der Waals surface area contributed by atoms with Crippen LogP contribution in [0.4, 0.5) is 0 Å². The second-order valence-electron chi connectivity index (χ2n) is 3.79. The maximum absolute atomic E-state index is 12.1. The Balaban J connectivity index is 2.06. The van der Waals surface area contributed by atoms with Gasteiger partial charge in [0.15, 0.2) is 0 Å². The first-order valence-corrected chi connectivity index (χ1v) is 5.24. The van der Waals surface area contributed by atoms with E-state index in [1.54, 1.807) is 36.4 Å². The van der Waals surface area contributed by atoms with Crippen molar-refractivity contribution in [3.63, 3.8) is 0 Å². The first-order valence-electron chi connectivity index (χ1n) is 5.24. The van der Waals surface area contributed by atoms with Crippen LogP contribution >= 0.6 is 0 Å². The highest BCUT2D eigenvalue weighted by Gasteiger charge is 2.37. The van der Waals surface area contributed by atoms with Crippen LogP contribution in [0.2, 0.25) is 0 Å². The molecular formula is C13H9NO3. The zero-order valence-electron chi connectivity index (χ0n) is 8.92. The summed E-state index contributed by atoms with van der Waals surface area (Å²) in [7, 11) is 0. The molecule has 0 saturated heterocycles. The number of ether oxygens (including phenoxy) is 1. The Morgan fingerprint density at radius 1 is 1.06 bits per heavy atom. The Bertz CT molecular complexity index is 537. The molecule has 2 aliphatic rings. The number of allylic oxidation sites excluding steroid dienone is 2. The monoisotopic (exact) mass is 227 g/mol. The van der Waals surface area contributed by atoms with Gasteiger partial charge in [0.1, 0.15) is 6.61 Å². The normalized spacial score (nSPS) is 17.9. The Morgan fingerprint density at radius 2 is 1.71 bits per heavy atom. The van der Waals surface area contributed by atoms with Crippen molar-refractivity contribution in [3.8, 4) is 0 Å². The number of imide groups is 1. The van der Waals surface area contributed by atoms with Crippen LogP contribution in [0, 0.1) is 0 Å². The number of fused-ring (bicyclic) bond motifs is 1. The summed E-state index contributed by atoms with van der Waals surface area (Å²) in [5, 5.41) is 0. The largest absolute Gasteiger partial charge is 0.495 e. The molecule has 2 aliphatic heterocycles. The van der Waals surface area contributed by atoms with Crippen molar-refractivity contribution in [2.24, 2.45) is 0 Å². The maximum atomic E-state index is 12.1. The molecule has 17 heavy (non-hydrogen) atoms. The van der Waals surface area contributed by atoms with E-state index in [1.807, 2.05) is 0 Å². The fourth-order valence-corrected chi connectivity index (χ4v) is 1.98. The molecule has 0 N–H and O–H groups in total. The molecule has 4 nitrogen and oxygen atoms in total. The van der Waals surface area contributed by atoms with E-state index in [0.29, 0.717) is 16.8 Å². The van der Waals surface area contributed by atoms with E-state index in [1.165, 1.54) is 11.2 Å². The van der Waals surface area contributed by atoms with Crippen LogP contribution in [0.3, 0.4) is 0 Å². The average molecular weight is 227 g/mol. The standard InChI is InChI=1S/C13H9NO3/c15-12-10-5-1-2-6-11(10)13(16)14(12)9-4-3-7-17-8-9/h1-7H,8H2. The molecule has 4 heteroatoms. The molecular weight excluding hydrogens is 218 g/mol. The molecule has 0 unspecified atom stereocenters. The number of rotatable bonds is 1. The zero-order valence-corrected chi connectivity index (χ0v) is 8.92.